The van der Waals surface area contributed by atoms with Gasteiger partial charge < -0.3 is 5.23 Å². The summed E-state index contributed by atoms with van der Waals surface area (Å²) in [5, 5.41) is 2.14. The third-order valence-corrected chi connectivity index (χ3v) is 0.246. The van der Waals surface area contributed by atoms with Crippen molar-refractivity contribution in [2.45, 2.75) is 0 Å². The molecular weight excluding hydrogens is 72.9 g/mol. The van der Waals surface area contributed by atoms with Gasteiger partial charge in [0.2, 0.25) is 7.98 Å². The summed E-state index contributed by atoms with van der Waals surface area (Å²) in [5.41, 5.74) is 0. The topological polar surface area (TPSA) is 12.0 Å². The summed E-state index contributed by atoms with van der Waals surface area (Å²) in [7, 11) is 4.74. The van der Waals surface area contributed by atoms with E-state index in [1.54, 1.807) is 0 Å². The molecule has 28 valence electrons. The molecule has 1 nitrogen and oxygen atoms in total. The Labute approximate surface area is 38.9 Å². The van der Waals surface area contributed by atoms with E-state index in [9.17, 15) is 0 Å². The molecule has 0 unspecified atom stereocenters. The first kappa shape index (κ1) is 5.16. The zero-order valence-corrected chi connectivity index (χ0v) is 3.36. The summed E-state index contributed by atoms with van der Waals surface area (Å²) in [6.45, 7) is 3.33. The lowest BCUT2D eigenvalue weighted by Crippen LogP contribution is -1.94. The zero-order valence-electron chi connectivity index (χ0n) is 3.36. The first-order valence-corrected chi connectivity index (χ1v) is 1.49. The van der Waals surface area contributed by atoms with Crippen LogP contribution in [0.2, 0.25) is 0 Å². The quantitative estimate of drug-likeness (QED) is 0.240. The molecule has 0 aromatic heterocycles. The highest BCUT2D eigenvalue weighted by Gasteiger charge is 1.46. The van der Waals surface area contributed by atoms with Gasteiger partial charge in [0, 0.05) is 0 Å². The van der Waals surface area contributed by atoms with Crippen LogP contribution in [0.15, 0.2) is 12.7 Å². The second-order valence-electron chi connectivity index (χ2n) is 0.618. The summed E-state index contributed by atoms with van der Waals surface area (Å²) >= 11 is 0. The van der Waals surface area contributed by atoms with Crippen molar-refractivity contribution in [2.24, 2.45) is 0 Å². The normalized spacial score (nSPS) is 4.67. The van der Waals surface area contributed by atoms with Crippen molar-refractivity contribution in [2.75, 3.05) is 0 Å². The van der Waals surface area contributed by atoms with Crippen molar-refractivity contribution < 1.29 is 0 Å². The van der Waals surface area contributed by atoms with Gasteiger partial charge in [0.25, 0.3) is 0 Å². The first-order chi connectivity index (χ1) is 2.91. The predicted octanol–water partition coefficient (Wildman–Crippen LogP) is -0.194. The maximum atomic E-state index is 4.74. The molecule has 0 saturated heterocycles. The predicted molar refractivity (Wildman–Crippen MR) is 26.9 cm³/mol. The first-order valence-electron chi connectivity index (χ1n) is 1.49. The van der Waals surface area contributed by atoms with Crippen molar-refractivity contribution in [1.29, 1.82) is 0 Å². The Morgan fingerprint density at radius 1 is 1.83 bits per heavy atom. The summed E-state index contributed by atoms with van der Waals surface area (Å²) in [6.07, 6.45) is 1.46. The van der Waals surface area contributed by atoms with E-state index < -0.39 is 0 Å². The average molecular weight is 76.9 g/mol. The van der Waals surface area contributed by atoms with Crippen LogP contribution in [0.3, 0.4) is 0 Å². The Balaban J connectivity index is 3.13. The molecule has 0 rings (SSSR count). The average Bonchev–Trinajstić information content (AvgIpc) is 1.61. The van der Waals surface area contributed by atoms with E-state index in [4.69, 9.17) is 7.98 Å². The lowest BCUT2D eigenvalue weighted by molar-refractivity contribution is 1.49. The van der Waals surface area contributed by atoms with Crippen LogP contribution < -0.4 is 5.23 Å². The summed E-state index contributed by atoms with van der Waals surface area (Å²) in [5.74, 6) is 2.48. The maximum absolute atomic E-state index is 4.74. The fourth-order valence-corrected chi connectivity index (χ4v) is 0.0927. The van der Waals surface area contributed by atoms with E-state index in [1.165, 1.54) is 6.08 Å². The minimum Gasteiger partial charge on any atom is -0.399 e. The van der Waals surface area contributed by atoms with E-state index in [-0.39, 0.29) is 0 Å². The van der Waals surface area contributed by atoms with Gasteiger partial charge in [-0.3, -0.25) is 0 Å². The summed E-state index contributed by atoms with van der Waals surface area (Å²) in [6, 6.07) is 2.36. The zero-order chi connectivity index (χ0) is 4.83. The van der Waals surface area contributed by atoms with Crippen LogP contribution in [0.5, 0.6) is 0 Å². The van der Waals surface area contributed by atoms with Crippen LogP contribution in [0.25, 0.3) is 0 Å². The number of hydrogen-bond donors (Lipinski definition) is 1. The van der Waals surface area contributed by atoms with Crippen molar-refractivity contribution in [1.82, 2.24) is 5.23 Å². The van der Waals surface area contributed by atoms with E-state index in [0.29, 0.717) is 0 Å². The molecule has 0 aliphatic heterocycles. The SMILES string of the molecule is [B]NC#CC=C. The number of rotatable bonds is 0. The van der Waals surface area contributed by atoms with Gasteiger partial charge in [-0.15, -0.1) is 0 Å². The molecule has 0 aliphatic rings. The van der Waals surface area contributed by atoms with Gasteiger partial charge in [-0.25, -0.2) is 0 Å². The lowest BCUT2D eigenvalue weighted by Gasteiger charge is -1.68. The van der Waals surface area contributed by atoms with Gasteiger partial charge in [-0.2, -0.15) is 0 Å². The van der Waals surface area contributed by atoms with Gasteiger partial charge in [0.05, 0.1) is 0 Å². The molecule has 0 aromatic carbocycles. The van der Waals surface area contributed by atoms with E-state index in [0.717, 1.165) is 0 Å². The molecule has 0 aromatic rings. The molecule has 0 heterocycles. The minimum atomic E-state index is 1.46. The molecular formula is C4H4BN. The molecule has 0 aliphatic carbocycles. The van der Waals surface area contributed by atoms with Crippen molar-refractivity contribution in [3.63, 3.8) is 0 Å². The molecule has 6 heavy (non-hydrogen) atoms. The Morgan fingerprint density at radius 2 is 2.50 bits per heavy atom. The molecule has 0 saturated carbocycles. The molecule has 0 spiro atoms. The Bertz CT molecular complexity index is 87.5. The number of hydrogen-bond acceptors (Lipinski definition) is 1. The van der Waals surface area contributed by atoms with Gasteiger partial charge in [0.1, 0.15) is 0 Å². The highest BCUT2D eigenvalue weighted by atomic mass is 14.7. The van der Waals surface area contributed by atoms with Crippen LogP contribution in [-0.4, -0.2) is 7.98 Å². The third kappa shape index (κ3) is 3.16. The standard InChI is InChI=1S/C4H4BN/c1-2-3-4-6-5/h2,6H,1H2. The lowest BCUT2D eigenvalue weighted by atomic mass is 10.4. The van der Waals surface area contributed by atoms with Gasteiger partial charge in [-0.1, -0.05) is 12.5 Å². The van der Waals surface area contributed by atoms with Crippen LogP contribution >= 0.6 is 0 Å². The third-order valence-electron chi connectivity index (χ3n) is 0.246. The molecule has 1 N–H and O–H groups in total. The van der Waals surface area contributed by atoms with Gasteiger partial charge in [-0.05, 0) is 12.1 Å². The van der Waals surface area contributed by atoms with Gasteiger partial charge in [0.15, 0.2) is 0 Å². The molecule has 0 atom stereocenters. The fourth-order valence-electron chi connectivity index (χ4n) is 0.0927. The minimum absolute atomic E-state index is 1.46. The molecule has 2 heteroatoms. The fraction of sp³-hybridized carbons (Fsp3) is 0. The van der Waals surface area contributed by atoms with Crippen LogP contribution in [0.1, 0.15) is 0 Å². The highest BCUT2D eigenvalue weighted by Crippen LogP contribution is 1.47. The Morgan fingerprint density at radius 3 is 2.67 bits per heavy atom. The van der Waals surface area contributed by atoms with E-state index in [2.05, 4.69) is 23.8 Å². The van der Waals surface area contributed by atoms with E-state index >= 15 is 0 Å². The highest BCUT2D eigenvalue weighted by molar-refractivity contribution is 6.05. The molecule has 0 bridgehead atoms. The monoisotopic (exact) mass is 77.0 g/mol. The number of allylic oxidation sites excluding steroid dienone is 1. The summed E-state index contributed by atoms with van der Waals surface area (Å²) in [4.78, 5) is 0. The second kappa shape index (κ2) is 4.16. The van der Waals surface area contributed by atoms with Gasteiger partial charge >= 0.3 is 0 Å². The largest absolute Gasteiger partial charge is 0.399 e. The van der Waals surface area contributed by atoms with Crippen LogP contribution in [0, 0.1) is 12.0 Å². The molecule has 0 fully saturated rings. The summed E-state index contributed by atoms with van der Waals surface area (Å²) < 4.78 is 0. The maximum Gasteiger partial charge on any atom is 0.235 e. The second-order valence-corrected chi connectivity index (χ2v) is 0.618. The number of nitrogens with one attached hydrogen (secondary N) is 1. The molecule has 0 amide bonds. The van der Waals surface area contributed by atoms with Crippen LogP contribution in [-0.2, 0) is 0 Å². The molecule has 2 radical (unpaired) electrons. The Hall–Kier alpha value is -0.835. The van der Waals surface area contributed by atoms with Crippen molar-refractivity contribution in [3.8, 4) is 12.0 Å². The van der Waals surface area contributed by atoms with E-state index in [1.807, 2.05) is 0 Å². The van der Waals surface area contributed by atoms with Crippen molar-refractivity contribution >= 4 is 7.98 Å². The Kier molecular flexibility index (Phi) is 3.59. The van der Waals surface area contributed by atoms with Crippen LogP contribution in [0.4, 0.5) is 0 Å². The smallest absolute Gasteiger partial charge is 0.235 e. The van der Waals surface area contributed by atoms with Crippen molar-refractivity contribution in [3.05, 3.63) is 12.7 Å².